The Balaban J connectivity index is 0.00000451. The number of fused-ring (bicyclic) bond motifs is 1. The van der Waals surface area contributed by atoms with E-state index in [9.17, 15) is 18.8 Å². The van der Waals surface area contributed by atoms with Gasteiger partial charge in [-0.3, -0.25) is 14.4 Å². The third-order valence-corrected chi connectivity index (χ3v) is 8.54. The van der Waals surface area contributed by atoms with Crippen LogP contribution in [-0.4, -0.2) is 47.7 Å². The molecule has 10 heteroatoms. The van der Waals surface area contributed by atoms with Gasteiger partial charge >= 0.3 is 0 Å². The molecule has 0 spiro atoms. The molecule has 1 atom stereocenters. The fourth-order valence-corrected chi connectivity index (χ4v) is 6.02. The van der Waals surface area contributed by atoms with Crippen LogP contribution < -0.4 is 16.0 Å². The summed E-state index contributed by atoms with van der Waals surface area (Å²) in [4.78, 5) is 46.6. The van der Waals surface area contributed by atoms with Crippen LogP contribution in [0.2, 0.25) is 0 Å². The van der Waals surface area contributed by atoms with Gasteiger partial charge in [0.15, 0.2) is 0 Å². The van der Waals surface area contributed by atoms with Crippen molar-refractivity contribution in [3.05, 3.63) is 143 Å². The zero-order chi connectivity index (χ0) is 32.8. The van der Waals surface area contributed by atoms with Crippen LogP contribution in [0.15, 0.2) is 109 Å². The van der Waals surface area contributed by atoms with Crippen LogP contribution in [0.25, 0.3) is 10.9 Å². The van der Waals surface area contributed by atoms with Crippen LogP contribution in [0.5, 0.6) is 0 Å². The second-order valence-electron chi connectivity index (χ2n) is 11.8. The highest BCUT2D eigenvalue weighted by Crippen LogP contribution is 2.29. The second-order valence-corrected chi connectivity index (χ2v) is 11.8. The minimum Gasteiger partial charge on any atom is -0.339 e. The summed E-state index contributed by atoms with van der Waals surface area (Å²) >= 11 is 0. The molecule has 1 aliphatic rings. The third-order valence-electron chi connectivity index (χ3n) is 8.54. The van der Waals surface area contributed by atoms with Gasteiger partial charge in [-0.2, -0.15) is 0 Å². The summed E-state index contributed by atoms with van der Waals surface area (Å²) in [7, 11) is 1.65. The first kappa shape index (κ1) is 34.2. The Bertz CT molecular complexity index is 1900. The number of likely N-dealkylation sites (N-methyl/N-ethyl adjacent to an activating group) is 1. The predicted octanol–water partition coefficient (Wildman–Crippen LogP) is 6.64. The molecular weight excluding hydrogens is 629 g/mol. The van der Waals surface area contributed by atoms with Crippen molar-refractivity contribution in [3.63, 3.8) is 0 Å². The molecule has 6 rings (SSSR count). The minimum atomic E-state index is -0.937. The smallest absolute Gasteiger partial charge is 0.257 e. The highest BCUT2D eigenvalue weighted by molar-refractivity contribution is 6.05. The highest BCUT2D eigenvalue weighted by atomic mass is 35.5. The summed E-state index contributed by atoms with van der Waals surface area (Å²) in [5.74, 6) is -0.534. The number of carbonyl (C=O) groups excluding carboxylic acids is 3. The molecule has 0 unspecified atom stereocenters. The van der Waals surface area contributed by atoms with Gasteiger partial charge in [0, 0.05) is 30.1 Å². The van der Waals surface area contributed by atoms with E-state index < -0.39 is 11.9 Å². The molecule has 3 amide bonds. The first-order valence-corrected chi connectivity index (χ1v) is 15.7. The van der Waals surface area contributed by atoms with Crippen molar-refractivity contribution in [3.8, 4) is 0 Å². The summed E-state index contributed by atoms with van der Waals surface area (Å²) < 4.78 is 13.4. The quantitative estimate of drug-likeness (QED) is 0.164. The van der Waals surface area contributed by atoms with Crippen molar-refractivity contribution in [1.29, 1.82) is 0 Å². The lowest BCUT2D eigenvalue weighted by Gasteiger charge is -2.25. The number of rotatable bonds is 9. The molecule has 0 saturated carbocycles. The molecule has 1 aromatic heterocycles. The Morgan fingerprint density at radius 3 is 2.33 bits per heavy atom. The molecule has 48 heavy (non-hydrogen) atoms. The van der Waals surface area contributed by atoms with Crippen molar-refractivity contribution in [2.24, 2.45) is 0 Å². The molecule has 4 aromatic carbocycles. The van der Waals surface area contributed by atoms with Crippen molar-refractivity contribution >= 4 is 46.8 Å². The van der Waals surface area contributed by atoms with Crippen LogP contribution >= 0.6 is 12.4 Å². The molecule has 0 aliphatic carbocycles. The van der Waals surface area contributed by atoms with Crippen LogP contribution in [0.1, 0.15) is 62.2 Å². The number of aromatic nitrogens is 1. The van der Waals surface area contributed by atoms with E-state index in [1.807, 2.05) is 48.5 Å². The molecular formula is C38H37ClFN5O3. The first-order valence-electron chi connectivity index (χ1n) is 15.7. The largest absolute Gasteiger partial charge is 0.339 e. The molecule has 5 aromatic rings. The Labute approximate surface area is 285 Å². The maximum atomic E-state index is 13.6. The number of hydrogen-bond donors (Lipinski definition) is 3. The second kappa shape index (κ2) is 15.6. The van der Waals surface area contributed by atoms with Gasteiger partial charge in [-0.15, -0.1) is 12.4 Å². The molecule has 1 fully saturated rings. The molecule has 0 bridgehead atoms. The lowest BCUT2D eigenvalue weighted by atomic mass is 9.87. The average Bonchev–Trinajstić information content (AvgIpc) is 3.11. The molecule has 246 valence electrons. The number of pyridine rings is 1. The Morgan fingerprint density at radius 1 is 0.875 bits per heavy atom. The van der Waals surface area contributed by atoms with Gasteiger partial charge < -0.3 is 20.9 Å². The van der Waals surface area contributed by atoms with Gasteiger partial charge in [0.25, 0.3) is 11.8 Å². The van der Waals surface area contributed by atoms with Crippen LogP contribution in [0, 0.1) is 5.82 Å². The van der Waals surface area contributed by atoms with Gasteiger partial charge in [0.2, 0.25) is 5.91 Å². The molecule has 1 aliphatic heterocycles. The maximum absolute atomic E-state index is 13.6. The van der Waals surface area contributed by atoms with E-state index in [-0.39, 0.29) is 36.6 Å². The molecule has 1 saturated heterocycles. The zero-order valence-electron chi connectivity index (χ0n) is 26.5. The predicted molar refractivity (Wildman–Crippen MR) is 188 cm³/mol. The standard InChI is InChI=1S/C38H36FN5O3.ClH/c1-44(24-25-11-15-30(39)16-12-25)38(47)35(27-7-3-2-4-8-27)43-36(45)29-13-17-33-28(23-29)14-18-34(41-33)42-37(46)32-10-6-5-9-31(32)26-19-21-40-22-20-26;/h2-18,23,26,35,40H,19-22,24H2,1H3,(H,43,45)(H,41,42,46);1H/t35-;/m0./s1. The van der Waals surface area contributed by atoms with Crippen molar-refractivity contribution in [2.45, 2.75) is 31.3 Å². The van der Waals surface area contributed by atoms with Crippen molar-refractivity contribution < 1.29 is 18.8 Å². The van der Waals surface area contributed by atoms with E-state index in [0.29, 0.717) is 39.3 Å². The summed E-state index contributed by atoms with van der Waals surface area (Å²) in [6, 6.07) is 30.4. The number of benzene rings is 4. The minimum absolute atomic E-state index is 0. The number of anilines is 1. The van der Waals surface area contributed by atoms with Crippen molar-refractivity contribution in [2.75, 3.05) is 25.5 Å². The molecule has 3 N–H and O–H groups in total. The van der Waals surface area contributed by atoms with Gasteiger partial charge in [0.1, 0.15) is 17.7 Å². The lowest BCUT2D eigenvalue weighted by Crippen LogP contribution is -2.41. The Kier molecular flexibility index (Phi) is 11.2. The SMILES string of the molecule is CN(Cc1ccc(F)cc1)C(=O)[C@@H](NC(=O)c1ccc2nc(NC(=O)c3ccccc3C3CCNCC3)ccc2c1)c1ccccc1.Cl. The zero-order valence-corrected chi connectivity index (χ0v) is 27.3. The number of halogens is 2. The topological polar surface area (TPSA) is 103 Å². The number of amides is 3. The number of hydrogen-bond acceptors (Lipinski definition) is 5. The average molecular weight is 666 g/mol. The lowest BCUT2D eigenvalue weighted by molar-refractivity contribution is -0.132. The van der Waals surface area contributed by atoms with E-state index in [4.69, 9.17) is 0 Å². The van der Waals surface area contributed by atoms with E-state index in [2.05, 4.69) is 20.9 Å². The van der Waals surface area contributed by atoms with Gasteiger partial charge in [-0.1, -0.05) is 60.7 Å². The van der Waals surface area contributed by atoms with Crippen LogP contribution in [0.3, 0.4) is 0 Å². The monoisotopic (exact) mass is 665 g/mol. The fraction of sp³-hybridized carbons (Fsp3) is 0.211. The van der Waals surface area contributed by atoms with E-state index in [1.165, 1.54) is 17.0 Å². The first-order chi connectivity index (χ1) is 22.9. The number of carbonyl (C=O) groups is 3. The van der Waals surface area contributed by atoms with E-state index in [1.54, 1.807) is 55.6 Å². The summed E-state index contributed by atoms with van der Waals surface area (Å²) in [6.45, 7) is 2.12. The fourth-order valence-electron chi connectivity index (χ4n) is 6.02. The number of nitrogens with zero attached hydrogens (tertiary/aromatic N) is 2. The summed E-state index contributed by atoms with van der Waals surface area (Å²) in [6.07, 6.45) is 1.97. The van der Waals surface area contributed by atoms with Crippen LogP contribution in [-0.2, 0) is 11.3 Å². The van der Waals surface area contributed by atoms with Gasteiger partial charge in [-0.05, 0) is 97.1 Å². The molecule has 8 nitrogen and oxygen atoms in total. The highest BCUT2D eigenvalue weighted by Gasteiger charge is 2.27. The maximum Gasteiger partial charge on any atom is 0.257 e. The number of piperidine rings is 1. The summed E-state index contributed by atoms with van der Waals surface area (Å²) in [5.41, 5.74) is 4.09. The van der Waals surface area contributed by atoms with Crippen molar-refractivity contribution in [1.82, 2.24) is 20.5 Å². The molecule has 2 heterocycles. The number of nitrogens with one attached hydrogen (secondary N) is 3. The molecule has 0 radical (unpaired) electrons. The van der Waals surface area contributed by atoms with Crippen LogP contribution in [0.4, 0.5) is 10.2 Å². The van der Waals surface area contributed by atoms with Gasteiger partial charge in [0.05, 0.1) is 5.52 Å². The normalized spacial score (nSPS) is 13.6. The Morgan fingerprint density at radius 2 is 1.58 bits per heavy atom. The summed E-state index contributed by atoms with van der Waals surface area (Å²) in [5, 5.41) is 9.94. The third kappa shape index (κ3) is 8.05. The Hall–Kier alpha value is -5.12. The van der Waals surface area contributed by atoms with E-state index >= 15 is 0 Å². The van der Waals surface area contributed by atoms with Gasteiger partial charge in [-0.25, -0.2) is 9.37 Å². The van der Waals surface area contributed by atoms with E-state index in [0.717, 1.165) is 37.1 Å².